The van der Waals surface area contributed by atoms with Crippen LogP contribution < -0.4 is 30.5 Å². The largest absolute Gasteiger partial charge is 0.310 e. The van der Waals surface area contributed by atoms with Crippen molar-refractivity contribution < 1.29 is 0 Å². The molecule has 12 aromatic carbocycles. The highest BCUT2D eigenvalue weighted by Gasteiger charge is 2.50. The molecule has 79 heavy (non-hydrogen) atoms. The Kier molecular flexibility index (Phi) is 10.8. The lowest BCUT2D eigenvalue weighted by molar-refractivity contribution is 1.29. The molecule has 0 saturated carbocycles. The second-order valence-corrected chi connectivity index (χ2v) is 27.7. The molecule has 16 rings (SSSR count). The molecule has 0 atom stereocenters. The number of fused-ring (bicyclic) bond motifs is 12. The molecule has 0 aliphatic carbocycles. The third-order valence-electron chi connectivity index (χ3n) is 16.4. The summed E-state index contributed by atoms with van der Waals surface area (Å²) in [6, 6.07) is 103. The fraction of sp³-hybridized carbons (Fsp3) is 0.0137. The van der Waals surface area contributed by atoms with Crippen molar-refractivity contribution in [2.75, 3.05) is 9.80 Å². The Labute approximate surface area is 471 Å². The lowest BCUT2D eigenvalue weighted by atomic mass is 9.93. The number of hydrogen-bond donors (Lipinski definition) is 0. The number of nitrogens with zero attached hydrogens (tertiary/aromatic N) is 2. The third-order valence-corrected chi connectivity index (χ3v) is 24.7. The molecule has 2 nitrogen and oxygen atoms in total. The molecule has 6 heteroatoms. The quantitative estimate of drug-likeness (QED) is 0.133. The fourth-order valence-corrected chi connectivity index (χ4v) is 21.8. The van der Waals surface area contributed by atoms with Gasteiger partial charge in [0.15, 0.2) is 8.07 Å². The van der Waals surface area contributed by atoms with E-state index >= 15 is 0 Å². The van der Waals surface area contributed by atoms with Crippen LogP contribution in [0, 0.1) is 6.92 Å². The van der Waals surface area contributed by atoms with Crippen molar-refractivity contribution in [3.63, 3.8) is 0 Å². The Morgan fingerprint density at radius 3 is 1.63 bits per heavy atom. The molecule has 0 saturated heterocycles. The van der Waals surface area contributed by atoms with Gasteiger partial charge in [-0.1, -0.05) is 182 Å². The average molecular weight is 1080 g/mol. The van der Waals surface area contributed by atoms with Crippen LogP contribution in [-0.4, -0.2) is 8.07 Å². The molecule has 0 N–H and O–H groups in total. The zero-order valence-electron chi connectivity index (χ0n) is 43.1. The Morgan fingerprint density at radius 2 is 0.873 bits per heavy atom. The summed E-state index contributed by atoms with van der Waals surface area (Å²) in [5.41, 5.74) is 13.1. The van der Waals surface area contributed by atoms with Crippen molar-refractivity contribution in [1.29, 1.82) is 0 Å². The molecule has 4 heterocycles. The Hall–Kier alpha value is -8.88. The third kappa shape index (κ3) is 7.19. The predicted octanol–water partition coefficient (Wildman–Crippen LogP) is 19.1. The summed E-state index contributed by atoms with van der Waals surface area (Å²) in [7, 11) is -3.12. The van der Waals surface area contributed by atoms with E-state index in [1.54, 1.807) is 0 Å². The minimum absolute atomic E-state index is 1.11. The van der Waals surface area contributed by atoms with E-state index in [4.69, 9.17) is 0 Å². The molecule has 1 aliphatic rings. The highest BCUT2D eigenvalue weighted by atomic mass is 32.1. The van der Waals surface area contributed by atoms with Crippen LogP contribution in [0.1, 0.15) is 5.56 Å². The fourth-order valence-electron chi connectivity index (χ4n) is 13.0. The second kappa shape index (κ2) is 18.4. The van der Waals surface area contributed by atoms with Crippen molar-refractivity contribution in [3.05, 3.63) is 279 Å². The summed E-state index contributed by atoms with van der Waals surface area (Å²) in [5.74, 6) is 0. The molecule has 0 radical (unpaired) electrons. The summed E-state index contributed by atoms with van der Waals surface area (Å²) >= 11 is 5.64. The van der Waals surface area contributed by atoms with E-state index in [-0.39, 0.29) is 0 Å². The Morgan fingerprint density at radius 1 is 0.316 bits per heavy atom. The van der Waals surface area contributed by atoms with Gasteiger partial charge in [0.1, 0.15) is 0 Å². The first-order valence-corrected chi connectivity index (χ1v) is 31.4. The van der Waals surface area contributed by atoms with Crippen LogP contribution in [0.25, 0.3) is 82.8 Å². The van der Waals surface area contributed by atoms with Gasteiger partial charge in [-0.05, 0) is 146 Å². The summed E-state index contributed by atoms with van der Waals surface area (Å²) in [5, 5.41) is 13.3. The topological polar surface area (TPSA) is 6.48 Å². The van der Waals surface area contributed by atoms with Gasteiger partial charge in [0, 0.05) is 84.3 Å². The van der Waals surface area contributed by atoms with E-state index in [1.165, 1.54) is 115 Å². The minimum Gasteiger partial charge on any atom is -0.310 e. The highest BCUT2D eigenvalue weighted by Crippen LogP contribution is 2.50. The van der Waals surface area contributed by atoms with Gasteiger partial charge in [-0.3, -0.25) is 0 Å². The molecule has 1 aliphatic heterocycles. The lowest BCUT2D eigenvalue weighted by Crippen LogP contribution is -2.72. The Balaban J connectivity index is 1.01. The molecule has 372 valence electrons. The zero-order valence-corrected chi connectivity index (χ0v) is 46.5. The smallest absolute Gasteiger partial charge is 0.180 e. The summed E-state index contributed by atoms with van der Waals surface area (Å²) in [4.78, 5) is 5.06. The second-order valence-electron chi connectivity index (χ2n) is 20.8. The lowest BCUT2D eigenvalue weighted by Gasteiger charge is -2.33. The van der Waals surface area contributed by atoms with Gasteiger partial charge in [-0.15, -0.1) is 34.0 Å². The standard InChI is InChI=1S/C73H48N2S3Si/c1-47-20-18-35-67-71(47)59-39-36-52(45-68(59)77-67)74(49-23-8-3-9-24-49)53-44-60(48-21-6-2-7-22-48)72-62-43-51(38-41-69(62)79(70(72)46-53,54-25-10-4-11-26-54)55-27-12-5-13-28-55)75(50-37-40-66-61(42-50)57-30-15-16-33-64(57)76-66)63-32-19-31-58-56-29-14-17-34-65(56)78-73(58)63/h2-46H,1H3. The maximum Gasteiger partial charge on any atom is 0.180 e. The van der Waals surface area contributed by atoms with Crippen LogP contribution in [0.15, 0.2) is 273 Å². The number of para-hydroxylation sites is 1. The number of aryl methyl sites for hydroxylation is 1. The molecule has 0 spiro atoms. The highest BCUT2D eigenvalue weighted by molar-refractivity contribution is 7.27. The van der Waals surface area contributed by atoms with Crippen LogP contribution in [0.3, 0.4) is 0 Å². The summed E-state index contributed by atoms with van der Waals surface area (Å²) in [6.07, 6.45) is 0. The van der Waals surface area contributed by atoms with Gasteiger partial charge in [0.05, 0.1) is 10.4 Å². The maximum atomic E-state index is 2.59. The molecule has 3 aromatic heterocycles. The van der Waals surface area contributed by atoms with Gasteiger partial charge in [0.25, 0.3) is 0 Å². The average Bonchev–Trinajstić information content (AvgIpc) is 3.76. The van der Waals surface area contributed by atoms with Crippen LogP contribution in [0.4, 0.5) is 34.1 Å². The summed E-state index contributed by atoms with van der Waals surface area (Å²) < 4.78 is 7.77. The van der Waals surface area contributed by atoms with Crippen molar-refractivity contribution in [2.45, 2.75) is 6.92 Å². The van der Waals surface area contributed by atoms with Gasteiger partial charge in [0.2, 0.25) is 0 Å². The van der Waals surface area contributed by atoms with Gasteiger partial charge in [-0.25, -0.2) is 0 Å². The van der Waals surface area contributed by atoms with Crippen LogP contribution in [-0.2, 0) is 0 Å². The number of rotatable bonds is 9. The van der Waals surface area contributed by atoms with E-state index in [9.17, 15) is 0 Å². The number of benzene rings is 12. The van der Waals surface area contributed by atoms with Crippen LogP contribution in [0.2, 0.25) is 0 Å². The first-order chi connectivity index (χ1) is 39.1. The summed E-state index contributed by atoms with van der Waals surface area (Å²) in [6.45, 7) is 2.24. The van der Waals surface area contributed by atoms with Crippen molar-refractivity contribution in [1.82, 2.24) is 0 Å². The first kappa shape index (κ1) is 46.2. The molecular formula is C73H48N2S3Si. The molecule has 15 aromatic rings. The van der Waals surface area contributed by atoms with E-state index in [0.29, 0.717) is 0 Å². The molecule has 0 unspecified atom stereocenters. The normalized spacial score (nSPS) is 12.7. The first-order valence-electron chi connectivity index (χ1n) is 27.0. The minimum atomic E-state index is -3.12. The van der Waals surface area contributed by atoms with E-state index in [2.05, 4.69) is 290 Å². The number of anilines is 6. The molecule has 0 bridgehead atoms. The van der Waals surface area contributed by atoms with Crippen molar-refractivity contribution >= 4 is 157 Å². The van der Waals surface area contributed by atoms with E-state index in [0.717, 1.165) is 28.4 Å². The SMILES string of the molecule is Cc1cccc2sc3cc(N(c4ccccc4)c4cc(-c5ccccc5)c5c(c4)[Si](c4ccccc4)(c4ccccc4)c4ccc(N(c6ccc7sc8ccccc8c7c6)c6cccc7c6sc6ccccc67)cc4-5)ccc3c12. The number of thiophene rings is 3. The maximum absolute atomic E-state index is 3.12. The van der Waals surface area contributed by atoms with Gasteiger partial charge < -0.3 is 9.80 Å². The monoisotopic (exact) mass is 1080 g/mol. The zero-order chi connectivity index (χ0) is 52.2. The molecular weight excluding hydrogens is 1030 g/mol. The van der Waals surface area contributed by atoms with Crippen molar-refractivity contribution in [2.24, 2.45) is 0 Å². The van der Waals surface area contributed by atoms with Crippen LogP contribution >= 0.6 is 34.0 Å². The van der Waals surface area contributed by atoms with Gasteiger partial charge in [-0.2, -0.15) is 0 Å². The molecule has 0 amide bonds. The van der Waals surface area contributed by atoms with Gasteiger partial charge >= 0.3 is 0 Å². The number of hydrogen-bond acceptors (Lipinski definition) is 5. The van der Waals surface area contributed by atoms with Crippen LogP contribution in [0.5, 0.6) is 0 Å². The van der Waals surface area contributed by atoms with E-state index < -0.39 is 8.07 Å². The predicted molar refractivity (Wildman–Crippen MR) is 347 cm³/mol. The molecule has 0 fully saturated rings. The Bertz CT molecular complexity index is 4830. The van der Waals surface area contributed by atoms with E-state index in [1.807, 2.05) is 34.0 Å². The van der Waals surface area contributed by atoms with Crippen molar-refractivity contribution in [3.8, 4) is 22.3 Å².